The molecule has 0 aromatic rings. The van der Waals surface area contributed by atoms with Crippen LogP contribution < -0.4 is 24.0 Å². The van der Waals surface area contributed by atoms with Crippen LogP contribution in [0.4, 0.5) is 0 Å². The maximum atomic E-state index is 2.29. The van der Waals surface area contributed by atoms with Gasteiger partial charge in [0.15, 0.2) is 0 Å². The second-order valence-corrected chi connectivity index (χ2v) is 4.62. The highest BCUT2D eigenvalue weighted by molar-refractivity contribution is 4.65. The van der Waals surface area contributed by atoms with E-state index in [1.165, 1.54) is 32.2 Å². The molecule has 2 heteroatoms. The number of hydrogen-bond donors (Lipinski definition) is 0. The molecule has 0 aliphatic heterocycles. The number of halogens is 1. The van der Waals surface area contributed by atoms with Crippen molar-refractivity contribution in [2.75, 3.05) is 27.7 Å². The van der Waals surface area contributed by atoms with Crippen molar-refractivity contribution >= 4 is 0 Å². The molecule has 0 atom stereocenters. The maximum Gasteiger partial charge on any atom is 0.0809 e. The van der Waals surface area contributed by atoms with E-state index in [2.05, 4.69) is 21.1 Å². The minimum atomic E-state index is 0. The molecule has 0 saturated heterocycles. The summed E-state index contributed by atoms with van der Waals surface area (Å²) in [4.78, 5) is 0. The summed E-state index contributed by atoms with van der Waals surface area (Å²) in [6.45, 7) is 1.38. The largest absolute Gasteiger partial charge is 1.00 e. The molecule has 0 aromatic heterocycles. The van der Waals surface area contributed by atoms with E-state index in [-0.39, 0.29) is 24.0 Å². The second kappa shape index (κ2) is 4.65. The van der Waals surface area contributed by atoms with Crippen molar-refractivity contribution in [3.05, 3.63) is 0 Å². The van der Waals surface area contributed by atoms with Gasteiger partial charge in [-0.15, -0.1) is 0 Å². The molecule has 0 spiro atoms. The fraction of sp³-hybridized carbons (Fsp3) is 1.00. The summed E-state index contributed by atoms with van der Waals surface area (Å²) in [6, 6.07) is 0. The number of rotatable bonds is 2. The van der Waals surface area contributed by atoms with Gasteiger partial charge in [0.05, 0.1) is 27.7 Å². The Kier molecular flexibility index (Phi) is 4.94. The minimum Gasteiger partial charge on any atom is -1.00 e. The molecular weight excluding hydrogens is 249 g/mol. The smallest absolute Gasteiger partial charge is 0.0809 e. The van der Waals surface area contributed by atoms with E-state index in [1.807, 2.05) is 0 Å². The molecule has 68 valence electrons. The minimum absolute atomic E-state index is 0. The van der Waals surface area contributed by atoms with Gasteiger partial charge in [0.1, 0.15) is 0 Å². The lowest BCUT2D eigenvalue weighted by molar-refractivity contribution is -0.873. The van der Waals surface area contributed by atoms with Crippen LogP contribution in [0, 0.1) is 5.92 Å². The van der Waals surface area contributed by atoms with E-state index >= 15 is 0 Å². The van der Waals surface area contributed by atoms with Gasteiger partial charge in [0.25, 0.3) is 0 Å². The van der Waals surface area contributed by atoms with Crippen molar-refractivity contribution in [2.45, 2.75) is 25.7 Å². The van der Waals surface area contributed by atoms with Gasteiger partial charge in [-0.3, -0.25) is 0 Å². The molecule has 0 unspecified atom stereocenters. The van der Waals surface area contributed by atoms with Gasteiger partial charge in [0.2, 0.25) is 0 Å². The van der Waals surface area contributed by atoms with Crippen LogP contribution in [0.25, 0.3) is 0 Å². The van der Waals surface area contributed by atoms with Gasteiger partial charge in [0, 0.05) is 5.92 Å². The Morgan fingerprint density at radius 2 is 1.55 bits per heavy atom. The van der Waals surface area contributed by atoms with E-state index in [4.69, 9.17) is 0 Å². The quantitative estimate of drug-likeness (QED) is 0.440. The van der Waals surface area contributed by atoms with Gasteiger partial charge < -0.3 is 28.5 Å². The molecule has 0 heterocycles. The topological polar surface area (TPSA) is 0 Å². The van der Waals surface area contributed by atoms with Crippen LogP contribution in [-0.2, 0) is 0 Å². The number of hydrogen-bond acceptors (Lipinski definition) is 0. The normalized spacial score (nSPS) is 19.9. The van der Waals surface area contributed by atoms with Crippen LogP contribution in [0.5, 0.6) is 0 Å². The molecule has 1 saturated carbocycles. The first-order valence-corrected chi connectivity index (χ1v) is 4.38. The first-order valence-electron chi connectivity index (χ1n) is 4.38. The van der Waals surface area contributed by atoms with Gasteiger partial charge in [-0.2, -0.15) is 0 Å². The molecule has 0 amide bonds. The van der Waals surface area contributed by atoms with Gasteiger partial charge in [-0.1, -0.05) is 12.8 Å². The average molecular weight is 269 g/mol. The Hall–Kier alpha value is 0.690. The Morgan fingerprint density at radius 3 is 1.91 bits per heavy atom. The molecule has 1 aliphatic carbocycles. The lowest BCUT2D eigenvalue weighted by Gasteiger charge is -2.27. The highest BCUT2D eigenvalue weighted by atomic mass is 127. The van der Waals surface area contributed by atoms with Crippen molar-refractivity contribution in [1.29, 1.82) is 0 Å². The predicted molar refractivity (Wildman–Crippen MR) is 44.9 cm³/mol. The summed E-state index contributed by atoms with van der Waals surface area (Å²) in [7, 11) is 6.87. The zero-order valence-electron chi connectivity index (χ0n) is 7.94. The Balaban J connectivity index is 0.000001000. The standard InChI is InChI=1S/C9H20N.HI/c1-10(2,3)8-9-6-4-5-7-9;/h9H,4-8H2,1-3H3;1H/q+1;/p-1. The van der Waals surface area contributed by atoms with Crippen molar-refractivity contribution < 1.29 is 28.5 Å². The Labute approximate surface area is 87.8 Å². The van der Waals surface area contributed by atoms with E-state index in [0.717, 1.165) is 10.4 Å². The molecule has 0 bridgehead atoms. The molecule has 11 heavy (non-hydrogen) atoms. The van der Waals surface area contributed by atoms with E-state index in [1.54, 1.807) is 0 Å². The summed E-state index contributed by atoms with van der Waals surface area (Å²) >= 11 is 0. The molecule has 1 rings (SSSR count). The van der Waals surface area contributed by atoms with E-state index in [9.17, 15) is 0 Å². The summed E-state index contributed by atoms with van der Waals surface area (Å²) < 4.78 is 1.14. The monoisotopic (exact) mass is 269 g/mol. The first-order chi connectivity index (χ1) is 4.58. The number of quaternary nitrogens is 1. The Bertz CT molecular complexity index is 101. The molecule has 1 nitrogen and oxygen atoms in total. The van der Waals surface area contributed by atoms with Crippen molar-refractivity contribution in [3.8, 4) is 0 Å². The van der Waals surface area contributed by atoms with Crippen LogP contribution in [0.1, 0.15) is 25.7 Å². The molecule has 1 aliphatic rings. The van der Waals surface area contributed by atoms with Gasteiger partial charge in [-0.05, 0) is 12.8 Å². The zero-order chi connectivity index (χ0) is 7.61. The maximum absolute atomic E-state index is 2.29. The summed E-state index contributed by atoms with van der Waals surface area (Å²) in [5.74, 6) is 1.03. The molecule has 0 N–H and O–H groups in total. The van der Waals surface area contributed by atoms with Crippen LogP contribution in [0.15, 0.2) is 0 Å². The molecule has 0 aromatic carbocycles. The Morgan fingerprint density at radius 1 is 1.09 bits per heavy atom. The lowest BCUT2D eigenvalue weighted by Crippen LogP contribution is -3.00. The van der Waals surface area contributed by atoms with Crippen LogP contribution in [0.3, 0.4) is 0 Å². The third-order valence-electron chi connectivity index (χ3n) is 2.28. The van der Waals surface area contributed by atoms with Crippen LogP contribution in [0.2, 0.25) is 0 Å². The molecule has 0 radical (unpaired) electrons. The SMILES string of the molecule is C[N+](C)(C)CC1CCCC1.[I-]. The number of nitrogens with zero attached hydrogens (tertiary/aromatic N) is 1. The fourth-order valence-corrected chi connectivity index (χ4v) is 1.97. The summed E-state index contributed by atoms with van der Waals surface area (Å²) in [5, 5.41) is 0. The van der Waals surface area contributed by atoms with E-state index < -0.39 is 0 Å². The fourth-order valence-electron chi connectivity index (χ4n) is 1.97. The van der Waals surface area contributed by atoms with Crippen molar-refractivity contribution in [2.24, 2.45) is 5.92 Å². The lowest BCUT2D eigenvalue weighted by atomic mass is 10.1. The second-order valence-electron chi connectivity index (χ2n) is 4.62. The molecular formula is C9H20IN. The molecule has 1 fully saturated rings. The van der Waals surface area contributed by atoms with Crippen LogP contribution >= 0.6 is 0 Å². The predicted octanol–water partition coefficient (Wildman–Crippen LogP) is -1.11. The van der Waals surface area contributed by atoms with Gasteiger partial charge >= 0.3 is 0 Å². The third kappa shape index (κ3) is 5.01. The average Bonchev–Trinajstić information content (AvgIpc) is 2.12. The highest BCUT2D eigenvalue weighted by Crippen LogP contribution is 2.25. The van der Waals surface area contributed by atoms with E-state index in [0.29, 0.717) is 0 Å². The first kappa shape index (κ1) is 11.7. The van der Waals surface area contributed by atoms with Crippen molar-refractivity contribution in [1.82, 2.24) is 0 Å². The summed E-state index contributed by atoms with van der Waals surface area (Å²) in [6.07, 6.45) is 5.92. The van der Waals surface area contributed by atoms with Crippen molar-refractivity contribution in [3.63, 3.8) is 0 Å². The zero-order valence-corrected chi connectivity index (χ0v) is 10.1. The third-order valence-corrected chi connectivity index (χ3v) is 2.28. The van der Waals surface area contributed by atoms with Gasteiger partial charge in [-0.25, -0.2) is 0 Å². The van der Waals surface area contributed by atoms with Crippen LogP contribution in [-0.4, -0.2) is 32.2 Å². The highest BCUT2D eigenvalue weighted by Gasteiger charge is 2.21. The summed E-state index contributed by atoms with van der Waals surface area (Å²) in [5.41, 5.74) is 0.